The van der Waals surface area contributed by atoms with Gasteiger partial charge in [-0.25, -0.2) is 0 Å². The van der Waals surface area contributed by atoms with Gasteiger partial charge in [-0.2, -0.15) is 0 Å². The molecular formula is C10H18O2. The highest BCUT2D eigenvalue weighted by molar-refractivity contribution is 4.87. The fraction of sp³-hybridized carbons (Fsp3) is 1.00. The Balaban J connectivity index is 1.81. The second kappa shape index (κ2) is 3.75. The number of ether oxygens (including phenoxy) is 1. The van der Waals surface area contributed by atoms with E-state index in [0.29, 0.717) is 12.7 Å². The summed E-state index contributed by atoms with van der Waals surface area (Å²) < 4.78 is 5.61. The minimum Gasteiger partial charge on any atom is -0.394 e. The Bertz CT molecular complexity index is 147. The highest BCUT2D eigenvalue weighted by atomic mass is 16.5. The van der Waals surface area contributed by atoms with Gasteiger partial charge in [-0.1, -0.05) is 6.42 Å². The van der Waals surface area contributed by atoms with Crippen molar-refractivity contribution in [3.8, 4) is 0 Å². The van der Waals surface area contributed by atoms with Crippen molar-refractivity contribution in [1.29, 1.82) is 0 Å². The lowest BCUT2D eigenvalue weighted by Crippen LogP contribution is -2.27. The molecule has 2 aliphatic carbocycles. The summed E-state index contributed by atoms with van der Waals surface area (Å²) in [6.07, 6.45) is 7.22. The summed E-state index contributed by atoms with van der Waals surface area (Å²) in [6.45, 7) is 0.707. The van der Waals surface area contributed by atoms with Gasteiger partial charge in [0, 0.05) is 0 Å². The van der Waals surface area contributed by atoms with E-state index in [9.17, 15) is 0 Å². The van der Waals surface area contributed by atoms with Crippen LogP contribution in [0.2, 0.25) is 0 Å². The van der Waals surface area contributed by atoms with Gasteiger partial charge in [-0.05, 0) is 37.5 Å². The molecule has 0 spiro atoms. The molecule has 0 aromatic heterocycles. The number of fused-ring (bicyclic) bond motifs is 2. The van der Waals surface area contributed by atoms with Crippen LogP contribution in [0.15, 0.2) is 0 Å². The van der Waals surface area contributed by atoms with Crippen LogP contribution in [-0.4, -0.2) is 24.4 Å². The van der Waals surface area contributed by atoms with Crippen LogP contribution >= 0.6 is 0 Å². The Labute approximate surface area is 73.9 Å². The Morgan fingerprint density at radius 3 is 2.83 bits per heavy atom. The van der Waals surface area contributed by atoms with Gasteiger partial charge >= 0.3 is 0 Å². The topological polar surface area (TPSA) is 29.5 Å². The van der Waals surface area contributed by atoms with Crippen molar-refractivity contribution in [1.82, 2.24) is 0 Å². The van der Waals surface area contributed by atoms with Crippen molar-refractivity contribution in [3.63, 3.8) is 0 Å². The van der Waals surface area contributed by atoms with Crippen LogP contribution in [0.4, 0.5) is 0 Å². The summed E-state index contributed by atoms with van der Waals surface area (Å²) in [5.74, 6) is 1.82. The largest absolute Gasteiger partial charge is 0.394 e. The zero-order chi connectivity index (χ0) is 8.39. The Morgan fingerprint density at radius 1 is 1.17 bits per heavy atom. The van der Waals surface area contributed by atoms with Crippen molar-refractivity contribution in [2.24, 2.45) is 11.8 Å². The first-order valence-corrected chi connectivity index (χ1v) is 5.12. The fourth-order valence-corrected chi connectivity index (χ4v) is 2.77. The molecule has 0 saturated heterocycles. The minimum atomic E-state index is 0.173. The van der Waals surface area contributed by atoms with Crippen LogP contribution in [-0.2, 0) is 4.74 Å². The van der Waals surface area contributed by atoms with Gasteiger partial charge in [0.15, 0.2) is 0 Å². The monoisotopic (exact) mass is 170 g/mol. The molecule has 3 atom stereocenters. The SMILES string of the molecule is OCCOC1CCC2CCC1C2. The summed E-state index contributed by atoms with van der Waals surface area (Å²) in [7, 11) is 0. The molecule has 2 aliphatic rings. The second-order valence-electron chi connectivity index (χ2n) is 4.15. The quantitative estimate of drug-likeness (QED) is 0.696. The van der Waals surface area contributed by atoms with Crippen molar-refractivity contribution < 1.29 is 9.84 Å². The summed E-state index contributed by atoms with van der Waals surface area (Å²) >= 11 is 0. The van der Waals surface area contributed by atoms with Gasteiger partial charge in [0.25, 0.3) is 0 Å². The normalized spacial score (nSPS) is 40.2. The van der Waals surface area contributed by atoms with E-state index in [1.165, 1.54) is 32.1 Å². The van der Waals surface area contributed by atoms with E-state index in [1.54, 1.807) is 0 Å². The molecule has 0 aromatic carbocycles. The molecule has 0 amide bonds. The summed E-state index contributed by atoms with van der Waals surface area (Å²) in [4.78, 5) is 0. The molecule has 3 unspecified atom stereocenters. The maximum Gasteiger partial charge on any atom is 0.0701 e. The van der Waals surface area contributed by atoms with Crippen LogP contribution in [0.3, 0.4) is 0 Å². The number of aliphatic hydroxyl groups excluding tert-OH is 1. The van der Waals surface area contributed by atoms with Crippen molar-refractivity contribution in [2.45, 2.75) is 38.2 Å². The summed E-state index contributed by atoms with van der Waals surface area (Å²) in [5, 5.41) is 8.64. The van der Waals surface area contributed by atoms with Crippen LogP contribution in [0, 0.1) is 11.8 Å². The van der Waals surface area contributed by atoms with Crippen molar-refractivity contribution in [2.75, 3.05) is 13.2 Å². The maximum atomic E-state index is 8.64. The second-order valence-corrected chi connectivity index (χ2v) is 4.15. The lowest BCUT2D eigenvalue weighted by molar-refractivity contribution is -0.0208. The third-order valence-corrected chi connectivity index (χ3v) is 3.39. The third kappa shape index (κ3) is 1.64. The highest BCUT2D eigenvalue weighted by Gasteiger charge is 2.35. The van der Waals surface area contributed by atoms with E-state index in [-0.39, 0.29) is 6.61 Å². The van der Waals surface area contributed by atoms with E-state index in [4.69, 9.17) is 9.84 Å². The molecular weight excluding hydrogens is 152 g/mol. The molecule has 12 heavy (non-hydrogen) atoms. The predicted octanol–water partition coefficient (Wildman–Crippen LogP) is 1.57. The first-order chi connectivity index (χ1) is 5.90. The molecule has 70 valence electrons. The van der Waals surface area contributed by atoms with E-state index >= 15 is 0 Å². The molecule has 2 saturated carbocycles. The van der Waals surface area contributed by atoms with E-state index in [2.05, 4.69) is 0 Å². The number of aliphatic hydroxyl groups is 1. The molecule has 0 radical (unpaired) electrons. The molecule has 2 heteroatoms. The van der Waals surface area contributed by atoms with E-state index in [1.807, 2.05) is 0 Å². The molecule has 2 fully saturated rings. The fourth-order valence-electron chi connectivity index (χ4n) is 2.77. The van der Waals surface area contributed by atoms with Crippen molar-refractivity contribution >= 4 is 0 Å². The van der Waals surface area contributed by atoms with Gasteiger partial charge in [0.1, 0.15) is 0 Å². The standard InChI is InChI=1S/C10H18O2/c11-5-6-12-10-4-2-8-1-3-9(10)7-8/h8-11H,1-7H2. The molecule has 2 nitrogen and oxygen atoms in total. The van der Waals surface area contributed by atoms with Crippen LogP contribution in [0.1, 0.15) is 32.1 Å². The van der Waals surface area contributed by atoms with Gasteiger partial charge in [-0.3, -0.25) is 0 Å². The molecule has 2 bridgehead atoms. The van der Waals surface area contributed by atoms with Gasteiger partial charge < -0.3 is 9.84 Å². The van der Waals surface area contributed by atoms with Crippen LogP contribution < -0.4 is 0 Å². The minimum absolute atomic E-state index is 0.173. The van der Waals surface area contributed by atoms with Crippen LogP contribution in [0.25, 0.3) is 0 Å². The van der Waals surface area contributed by atoms with Crippen molar-refractivity contribution in [3.05, 3.63) is 0 Å². The zero-order valence-electron chi connectivity index (χ0n) is 7.54. The Hall–Kier alpha value is -0.0800. The lowest BCUT2D eigenvalue weighted by Gasteiger charge is -2.28. The summed E-state index contributed by atoms with van der Waals surface area (Å²) in [6, 6.07) is 0. The average molecular weight is 170 g/mol. The third-order valence-electron chi connectivity index (χ3n) is 3.39. The number of hydrogen-bond donors (Lipinski definition) is 1. The van der Waals surface area contributed by atoms with Gasteiger partial charge in [-0.15, -0.1) is 0 Å². The summed E-state index contributed by atoms with van der Waals surface area (Å²) in [5.41, 5.74) is 0. The maximum absolute atomic E-state index is 8.64. The van der Waals surface area contributed by atoms with E-state index in [0.717, 1.165) is 11.8 Å². The van der Waals surface area contributed by atoms with E-state index < -0.39 is 0 Å². The molecule has 0 aromatic rings. The highest BCUT2D eigenvalue weighted by Crippen LogP contribution is 2.43. The average Bonchev–Trinajstić information content (AvgIpc) is 2.48. The molecule has 0 aliphatic heterocycles. The Morgan fingerprint density at radius 2 is 2.00 bits per heavy atom. The predicted molar refractivity (Wildman–Crippen MR) is 46.9 cm³/mol. The van der Waals surface area contributed by atoms with Gasteiger partial charge in [0.2, 0.25) is 0 Å². The first kappa shape index (κ1) is 8.52. The zero-order valence-corrected chi connectivity index (χ0v) is 7.54. The molecule has 2 rings (SSSR count). The Kier molecular flexibility index (Phi) is 2.66. The number of rotatable bonds is 3. The first-order valence-electron chi connectivity index (χ1n) is 5.12. The molecule has 0 heterocycles. The lowest BCUT2D eigenvalue weighted by atomic mass is 9.87. The van der Waals surface area contributed by atoms with Gasteiger partial charge in [0.05, 0.1) is 19.3 Å². The molecule has 1 N–H and O–H groups in total. The smallest absolute Gasteiger partial charge is 0.0701 e. The van der Waals surface area contributed by atoms with Crippen LogP contribution in [0.5, 0.6) is 0 Å². The number of hydrogen-bond acceptors (Lipinski definition) is 2.